The van der Waals surface area contributed by atoms with Crippen molar-refractivity contribution in [3.63, 3.8) is 0 Å². The molecule has 0 bridgehead atoms. The van der Waals surface area contributed by atoms with Crippen molar-refractivity contribution < 1.29 is 0 Å². The Labute approximate surface area is 58.8 Å². The van der Waals surface area contributed by atoms with Crippen LogP contribution in [0.2, 0.25) is 0 Å². The zero-order chi connectivity index (χ0) is 6.85. The molecule has 0 N–H and O–H groups in total. The van der Waals surface area contributed by atoms with Gasteiger partial charge < -0.3 is 0 Å². The first-order valence-corrected chi connectivity index (χ1v) is 3.87. The Morgan fingerprint density at radius 2 is 2.11 bits per heavy atom. The van der Waals surface area contributed by atoms with Crippen LogP contribution in [0, 0.1) is 5.92 Å². The molecule has 0 saturated heterocycles. The lowest BCUT2D eigenvalue weighted by molar-refractivity contribution is 0.656. The van der Waals surface area contributed by atoms with E-state index in [4.69, 9.17) is 0 Å². The maximum absolute atomic E-state index is 2.28. The number of hydrogen-bond acceptors (Lipinski definition) is 0. The van der Waals surface area contributed by atoms with Crippen molar-refractivity contribution in [1.29, 1.82) is 0 Å². The van der Waals surface area contributed by atoms with E-state index in [1.54, 1.807) is 11.0 Å². The molecule has 0 aromatic heterocycles. The van der Waals surface area contributed by atoms with Crippen molar-refractivity contribution in [2.75, 3.05) is 0 Å². The summed E-state index contributed by atoms with van der Waals surface area (Å²) in [6.45, 7) is 4.57. The Balaban J connectivity index is 2.35. The molecule has 1 rings (SSSR count). The van der Waals surface area contributed by atoms with E-state index in [1.165, 1.54) is 19.3 Å². The third-order valence-electron chi connectivity index (χ3n) is 1.82. The van der Waals surface area contributed by atoms with Crippen LogP contribution in [-0.4, -0.2) is 7.85 Å². The van der Waals surface area contributed by atoms with Crippen molar-refractivity contribution in [3.05, 3.63) is 11.0 Å². The molecule has 0 heterocycles. The van der Waals surface area contributed by atoms with E-state index in [0.717, 1.165) is 5.92 Å². The summed E-state index contributed by atoms with van der Waals surface area (Å²) in [4.78, 5) is 0. The van der Waals surface area contributed by atoms with E-state index in [9.17, 15) is 0 Å². The second-order valence-electron chi connectivity index (χ2n) is 3.48. The molecule has 0 aromatic rings. The molecule has 1 fully saturated rings. The minimum atomic E-state index is 0.845. The van der Waals surface area contributed by atoms with Crippen LogP contribution < -0.4 is 0 Å². The molecule has 50 valence electrons. The molecular formula is C8H15B. The number of allylic oxidation sites excluding steroid dienone is 2. The first-order valence-electron chi connectivity index (χ1n) is 3.87. The molecule has 1 aliphatic carbocycles. The minimum absolute atomic E-state index is 0.845. The van der Waals surface area contributed by atoms with E-state index < -0.39 is 0 Å². The van der Waals surface area contributed by atoms with Crippen LogP contribution in [0.5, 0.6) is 0 Å². The van der Waals surface area contributed by atoms with Gasteiger partial charge in [-0.1, -0.05) is 19.4 Å². The molecule has 0 nitrogen and oxygen atoms in total. The van der Waals surface area contributed by atoms with Gasteiger partial charge in [0, 0.05) is 0 Å². The quantitative estimate of drug-likeness (QED) is 0.489. The van der Waals surface area contributed by atoms with Crippen molar-refractivity contribution in [2.24, 2.45) is 5.92 Å². The molecule has 0 aliphatic heterocycles. The predicted molar refractivity (Wildman–Crippen MR) is 44.3 cm³/mol. The lowest BCUT2D eigenvalue weighted by Crippen LogP contribution is -1.90. The van der Waals surface area contributed by atoms with Crippen LogP contribution in [0.25, 0.3) is 0 Å². The minimum Gasteiger partial charge on any atom is -0.110 e. The maximum Gasteiger partial charge on any atom is 0.133 e. The van der Waals surface area contributed by atoms with Crippen molar-refractivity contribution in [3.8, 4) is 0 Å². The Bertz CT molecular complexity index is 128. The van der Waals surface area contributed by atoms with Gasteiger partial charge in [-0.25, -0.2) is 0 Å². The van der Waals surface area contributed by atoms with Crippen LogP contribution in [0.1, 0.15) is 33.1 Å². The lowest BCUT2D eigenvalue weighted by atomic mass is 9.87. The van der Waals surface area contributed by atoms with E-state index in [-0.39, 0.29) is 0 Å². The molecule has 0 unspecified atom stereocenters. The average Bonchev–Trinajstić information content (AvgIpc) is 2.40. The van der Waals surface area contributed by atoms with E-state index in [1.807, 2.05) is 0 Å². The predicted octanol–water partition coefficient (Wildman–Crippen LogP) is 1.71. The van der Waals surface area contributed by atoms with Gasteiger partial charge in [0.15, 0.2) is 0 Å². The molecule has 0 atom stereocenters. The van der Waals surface area contributed by atoms with Gasteiger partial charge in [0.2, 0.25) is 0 Å². The van der Waals surface area contributed by atoms with Crippen molar-refractivity contribution in [2.45, 2.75) is 33.1 Å². The summed E-state index contributed by atoms with van der Waals surface area (Å²) < 4.78 is 0. The van der Waals surface area contributed by atoms with Crippen molar-refractivity contribution >= 4 is 7.85 Å². The van der Waals surface area contributed by atoms with Crippen LogP contribution in [0.3, 0.4) is 0 Å². The van der Waals surface area contributed by atoms with E-state index >= 15 is 0 Å². The van der Waals surface area contributed by atoms with Crippen LogP contribution in [-0.2, 0) is 0 Å². The normalized spacial score (nSPS) is 16.6. The summed E-state index contributed by atoms with van der Waals surface area (Å²) in [5.74, 6) is 0.845. The summed E-state index contributed by atoms with van der Waals surface area (Å²) >= 11 is 0. The Morgan fingerprint density at radius 3 is 2.44 bits per heavy atom. The molecule has 9 heavy (non-hydrogen) atoms. The van der Waals surface area contributed by atoms with Gasteiger partial charge in [-0.2, -0.15) is 0 Å². The molecule has 1 heteroatoms. The third kappa shape index (κ3) is 2.25. The highest BCUT2D eigenvalue weighted by Crippen LogP contribution is 2.32. The van der Waals surface area contributed by atoms with E-state index in [2.05, 4.69) is 21.7 Å². The maximum atomic E-state index is 2.28. The fourth-order valence-corrected chi connectivity index (χ4v) is 1.25. The molecule has 0 aromatic carbocycles. The summed E-state index contributed by atoms with van der Waals surface area (Å²) in [5, 5.41) is 0. The summed E-state index contributed by atoms with van der Waals surface area (Å²) in [7, 11) is 2.28. The second kappa shape index (κ2) is 2.59. The highest BCUT2D eigenvalue weighted by molar-refractivity contribution is 6.22. The van der Waals surface area contributed by atoms with Crippen LogP contribution >= 0.6 is 0 Å². The molecule has 0 radical (unpaired) electrons. The van der Waals surface area contributed by atoms with Gasteiger partial charge in [0.1, 0.15) is 7.85 Å². The topological polar surface area (TPSA) is 0 Å². The first kappa shape index (κ1) is 6.92. The van der Waals surface area contributed by atoms with Gasteiger partial charge >= 0.3 is 0 Å². The SMILES string of the molecule is BC(CC(C)C)=C1CC1. The summed E-state index contributed by atoms with van der Waals surface area (Å²) in [5.41, 5.74) is 3.38. The summed E-state index contributed by atoms with van der Waals surface area (Å²) in [6, 6.07) is 0. The smallest absolute Gasteiger partial charge is 0.110 e. The Morgan fingerprint density at radius 1 is 1.56 bits per heavy atom. The van der Waals surface area contributed by atoms with Gasteiger partial charge in [0.25, 0.3) is 0 Å². The first-order chi connectivity index (χ1) is 4.20. The standard InChI is InChI=1S/C8H15B/c1-6(2)5-8(9)7-3-4-7/h6H,3-5,9H2,1-2H3. The van der Waals surface area contributed by atoms with Gasteiger partial charge in [-0.05, 0) is 25.2 Å². The highest BCUT2D eigenvalue weighted by Gasteiger charge is 2.14. The average molecular weight is 122 g/mol. The van der Waals surface area contributed by atoms with Gasteiger partial charge in [-0.3, -0.25) is 0 Å². The van der Waals surface area contributed by atoms with E-state index in [0.29, 0.717) is 0 Å². The lowest BCUT2D eigenvalue weighted by Gasteiger charge is -2.02. The van der Waals surface area contributed by atoms with Gasteiger partial charge in [0.05, 0.1) is 0 Å². The zero-order valence-electron chi connectivity index (χ0n) is 6.70. The fourth-order valence-electron chi connectivity index (χ4n) is 1.25. The summed E-state index contributed by atoms with van der Waals surface area (Å²) in [6.07, 6.45) is 4.09. The zero-order valence-corrected chi connectivity index (χ0v) is 6.70. The molecule has 1 saturated carbocycles. The highest BCUT2D eigenvalue weighted by atomic mass is 14.2. The largest absolute Gasteiger partial charge is 0.133 e. The third-order valence-corrected chi connectivity index (χ3v) is 1.82. The number of rotatable bonds is 2. The molecular weight excluding hydrogens is 107 g/mol. The monoisotopic (exact) mass is 122 g/mol. The second-order valence-corrected chi connectivity index (χ2v) is 3.48. The fraction of sp³-hybridized carbons (Fsp3) is 0.750. The van der Waals surface area contributed by atoms with Gasteiger partial charge in [-0.15, -0.1) is 5.47 Å². The molecule has 0 spiro atoms. The molecule has 0 amide bonds. The Kier molecular flexibility index (Phi) is 1.99. The molecule has 1 aliphatic rings. The Hall–Kier alpha value is -0.195. The van der Waals surface area contributed by atoms with Crippen LogP contribution in [0.15, 0.2) is 11.0 Å². The van der Waals surface area contributed by atoms with Crippen molar-refractivity contribution in [1.82, 2.24) is 0 Å². The number of hydrogen-bond donors (Lipinski definition) is 0. The van der Waals surface area contributed by atoms with Crippen LogP contribution in [0.4, 0.5) is 0 Å².